The van der Waals surface area contributed by atoms with Gasteiger partial charge in [0.1, 0.15) is 11.1 Å². The number of hydrogen-bond acceptors (Lipinski definition) is 3. The van der Waals surface area contributed by atoms with Crippen LogP contribution in [0.25, 0.3) is 33.5 Å². The van der Waals surface area contributed by atoms with Crippen LogP contribution in [0.15, 0.2) is 59.1 Å². The van der Waals surface area contributed by atoms with E-state index in [1.54, 1.807) is 6.20 Å². The number of nitrogens with zero attached hydrogens (tertiary/aromatic N) is 2. The van der Waals surface area contributed by atoms with Gasteiger partial charge < -0.3 is 4.42 Å². The molecule has 20 heavy (non-hydrogen) atoms. The summed E-state index contributed by atoms with van der Waals surface area (Å²) in [5.41, 5.74) is 3.29. The topological polar surface area (TPSA) is 38.9 Å². The molecule has 0 saturated carbocycles. The van der Waals surface area contributed by atoms with Gasteiger partial charge in [-0.1, -0.05) is 23.7 Å². The Balaban J connectivity index is 1.97. The number of fused-ring (bicyclic) bond motifs is 3. The standard InChI is InChI=1S/C16H9ClN2O/c17-11-7-5-10(6-8-11)16-18-9-14-15(19-16)12-3-1-2-4-13(12)20-14/h1-9H. The van der Waals surface area contributed by atoms with E-state index in [0.29, 0.717) is 16.4 Å². The highest BCUT2D eigenvalue weighted by molar-refractivity contribution is 6.30. The Hall–Kier alpha value is -2.39. The minimum absolute atomic E-state index is 0.667. The van der Waals surface area contributed by atoms with Gasteiger partial charge >= 0.3 is 0 Å². The van der Waals surface area contributed by atoms with Crippen molar-refractivity contribution in [1.29, 1.82) is 0 Å². The van der Waals surface area contributed by atoms with E-state index >= 15 is 0 Å². The van der Waals surface area contributed by atoms with Gasteiger partial charge in [0, 0.05) is 16.0 Å². The van der Waals surface area contributed by atoms with Crippen LogP contribution < -0.4 is 0 Å². The molecule has 3 nitrogen and oxygen atoms in total. The molecule has 0 spiro atoms. The van der Waals surface area contributed by atoms with E-state index in [-0.39, 0.29) is 0 Å². The fourth-order valence-corrected chi connectivity index (χ4v) is 2.37. The van der Waals surface area contributed by atoms with E-state index in [2.05, 4.69) is 9.97 Å². The van der Waals surface area contributed by atoms with Crippen molar-refractivity contribution in [2.24, 2.45) is 0 Å². The number of furan rings is 1. The van der Waals surface area contributed by atoms with Crippen molar-refractivity contribution in [2.75, 3.05) is 0 Å². The van der Waals surface area contributed by atoms with E-state index in [4.69, 9.17) is 16.0 Å². The molecular weight excluding hydrogens is 272 g/mol. The Morgan fingerprint density at radius 3 is 2.55 bits per heavy atom. The number of halogens is 1. The largest absolute Gasteiger partial charge is 0.453 e. The smallest absolute Gasteiger partial charge is 0.172 e. The highest BCUT2D eigenvalue weighted by Crippen LogP contribution is 2.28. The first kappa shape index (κ1) is 11.4. The zero-order valence-electron chi connectivity index (χ0n) is 10.4. The molecule has 0 radical (unpaired) electrons. The van der Waals surface area contributed by atoms with Crippen LogP contribution in [0.3, 0.4) is 0 Å². The lowest BCUT2D eigenvalue weighted by Gasteiger charge is -1.99. The summed E-state index contributed by atoms with van der Waals surface area (Å²) >= 11 is 5.90. The molecule has 2 aromatic heterocycles. The highest BCUT2D eigenvalue weighted by Gasteiger charge is 2.10. The first-order valence-electron chi connectivity index (χ1n) is 6.21. The second-order valence-corrected chi connectivity index (χ2v) is 4.95. The minimum atomic E-state index is 0.667. The SMILES string of the molecule is Clc1ccc(-c2ncc3oc4ccccc4c3n2)cc1. The summed E-state index contributed by atoms with van der Waals surface area (Å²) < 4.78 is 5.72. The third kappa shape index (κ3) is 1.75. The number of rotatable bonds is 1. The molecule has 0 amide bonds. The summed E-state index contributed by atoms with van der Waals surface area (Å²) in [6.45, 7) is 0. The molecule has 0 fully saturated rings. The zero-order chi connectivity index (χ0) is 13.5. The fraction of sp³-hybridized carbons (Fsp3) is 0. The lowest BCUT2D eigenvalue weighted by molar-refractivity contribution is 0.666. The van der Waals surface area contributed by atoms with Gasteiger partial charge in [-0.2, -0.15) is 0 Å². The highest BCUT2D eigenvalue weighted by atomic mass is 35.5. The maximum atomic E-state index is 5.90. The molecule has 96 valence electrons. The Morgan fingerprint density at radius 1 is 0.900 bits per heavy atom. The first-order chi connectivity index (χ1) is 9.81. The third-order valence-corrected chi connectivity index (χ3v) is 3.47. The molecule has 2 aromatic carbocycles. The van der Waals surface area contributed by atoms with Crippen molar-refractivity contribution in [3.63, 3.8) is 0 Å². The van der Waals surface area contributed by atoms with Gasteiger partial charge in [-0.15, -0.1) is 0 Å². The molecule has 0 unspecified atom stereocenters. The van der Waals surface area contributed by atoms with E-state index in [1.807, 2.05) is 48.5 Å². The predicted octanol–water partition coefficient (Wildman–Crippen LogP) is 4.70. The third-order valence-electron chi connectivity index (χ3n) is 3.22. The van der Waals surface area contributed by atoms with Crippen molar-refractivity contribution in [1.82, 2.24) is 9.97 Å². The van der Waals surface area contributed by atoms with Crippen LogP contribution in [0.5, 0.6) is 0 Å². The summed E-state index contributed by atoms with van der Waals surface area (Å²) in [6.07, 6.45) is 1.71. The van der Waals surface area contributed by atoms with Crippen LogP contribution in [0.1, 0.15) is 0 Å². The Kier molecular flexibility index (Phi) is 2.47. The lowest BCUT2D eigenvalue weighted by atomic mass is 10.2. The second-order valence-electron chi connectivity index (χ2n) is 4.51. The number of hydrogen-bond donors (Lipinski definition) is 0. The van der Waals surface area contributed by atoms with Crippen LogP contribution in [0, 0.1) is 0 Å². The van der Waals surface area contributed by atoms with Gasteiger partial charge in [0.2, 0.25) is 0 Å². The Morgan fingerprint density at radius 2 is 1.70 bits per heavy atom. The molecule has 4 heteroatoms. The molecular formula is C16H9ClN2O. The normalized spacial score (nSPS) is 11.2. The monoisotopic (exact) mass is 280 g/mol. The summed E-state index contributed by atoms with van der Waals surface area (Å²) in [4.78, 5) is 8.97. The molecule has 0 aliphatic carbocycles. The lowest BCUT2D eigenvalue weighted by Crippen LogP contribution is -1.88. The molecule has 0 bridgehead atoms. The van der Waals surface area contributed by atoms with E-state index < -0.39 is 0 Å². The molecule has 4 aromatic rings. The number of aromatic nitrogens is 2. The van der Waals surface area contributed by atoms with Gasteiger partial charge in [-0.05, 0) is 36.4 Å². The average Bonchev–Trinajstić information content (AvgIpc) is 2.86. The van der Waals surface area contributed by atoms with Crippen molar-refractivity contribution < 1.29 is 4.42 Å². The molecule has 0 N–H and O–H groups in total. The molecule has 0 aliphatic rings. The van der Waals surface area contributed by atoms with Crippen LogP contribution in [-0.2, 0) is 0 Å². The van der Waals surface area contributed by atoms with Crippen LogP contribution in [0.2, 0.25) is 5.02 Å². The van der Waals surface area contributed by atoms with Crippen molar-refractivity contribution in [3.05, 3.63) is 59.8 Å². The molecule has 0 atom stereocenters. The van der Waals surface area contributed by atoms with Gasteiger partial charge in [0.15, 0.2) is 11.4 Å². The van der Waals surface area contributed by atoms with Crippen molar-refractivity contribution in [2.45, 2.75) is 0 Å². The predicted molar refractivity (Wildman–Crippen MR) is 79.8 cm³/mol. The zero-order valence-corrected chi connectivity index (χ0v) is 11.1. The summed E-state index contributed by atoms with van der Waals surface area (Å²) in [5, 5.41) is 1.70. The fourth-order valence-electron chi connectivity index (χ4n) is 2.25. The van der Waals surface area contributed by atoms with Crippen LogP contribution in [-0.4, -0.2) is 9.97 Å². The maximum Gasteiger partial charge on any atom is 0.172 e. The summed E-state index contributed by atoms with van der Waals surface area (Å²) in [6, 6.07) is 15.3. The molecule has 0 aliphatic heterocycles. The van der Waals surface area contributed by atoms with Gasteiger partial charge in [-0.3, -0.25) is 0 Å². The van der Waals surface area contributed by atoms with Crippen molar-refractivity contribution >= 4 is 33.7 Å². The van der Waals surface area contributed by atoms with Crippen molar-refractivity contribution in [3.8, 4) is 11.4 Å². The second kappa shape index (κ2) is 4.32. The quantitative estimate of drug-likeness (QED) is 0.507. The number of para-hydroxylation sites is 1. The van der Waals surface area contributed by atoms with E-state index in [0.717, 1.165) is 22.0 Å². The average molecular weight is 281 g/mol. The molecule has 0 saturated heterocycles. The Labute approximate surface area is 119 Å². The van der Waals surface area contributed by atoms with Gasteiger partial charge in [0.05, 0.1) is 6.20 Å². The minimum Gasteiger partial charge on any atom is -0.453 e. The molecule has 4 rings (SSSR count). The van der Waals surface area contributed by atoms with Gasteiger partial charge in [-0.25, -0.2) is 9.97 Å². The van der Waals surface area contributed by atoms with E-state index in [9.17, 15) is 0 Å². The number of benzene rings is 2. The van der Waals surface area contributed by atoms with E-state index in [1.165, 1.54) is 0 Å². The summed E-state index contributed by atoms with van der Waals surface area (Å²) in [7, 11) is 0. The maximum absolute atomic E-state index is 5.90. The Bertz CT molecular complexity index is 913. The molecule has 2 heterocycles. The first-order valence-corrected chi connectivity index (χ1v) is 6.59. The van der Waals surface area contributed by atoms with Gasteiger partial charge in [0.25, 0.3) is 0 Å². The summed E-state index contributed by atoms with van der Waals surface area (Å²) in [5.74, 6) is 0.667. The van der Waals surface area contributed by atoms with Crippen LogP contribution in [0.4, 0.5) is 0 Å². The van der Waals surface area contributed by atoms with Crippen LogP contribution >= 0.6 is 11.6 Å².